The first-order chi connectivity index (χ1) is 12.8. The Labute approximate surface area is 156 Å². The van der Waals surface area contributed by atoms with Crippen LogP contribution in [-0.4, -0.2) is 13.2 Å². The van der Waals surface area contributed by atoms with Gasteiger partial charge in [-0.3, -0.25) is 0 Å². The van der Waals surface area contributed by atoms with E-state index in [-0.39, 0.29) is 0 Å². The van der Waals surface area contributed by atoms with Gasteiger partial charge < -0.3 is 9.47 Å². The SMILES string of the molecule is C=CCOc1ccc(C2=C(CC)c3ccc(OCC=C)cc3CC2)cc1. The van der Waals surface area contributed by atoms with E-state index in [0.29, 0.717) is 13.2 Å². The Morgan fingerprint density at radius 1 is 0.885 bits per heavy atom. The maximum atomic E-state index is 5.69. The largest absolute Gasteiger partial charge is 0.490 e. The molecule has 3 rings (SSSR count). The fraction of sp³-hybridized carbons (Fsp3) is 0.250. The van der Waals surface area contributed by atoms with Crippen LogP contribution >= 0.6 is 0 Å². The lowest BCUT2D eigenvalue weighted by Gasteiger charge is -2.24. The van der Waals surface area contributed by atoms with Gasteiger partial charge in [0.15, 0.2) is 0 Å². The summed E-state index contributed by atoms with van der Waals surface area (Å²) >= 11 is 0. The van der Waals surface area contributed by atoms with E-state index in [0.717, 1.165) is 30.8 Å². The zero-order valence-electron chi connectivity index (χ0n) is 15.5. The van der Waals surface area contributed by atoms with E-state index in [1.807, 2.05) is 12.1 Å². The van der Waals surface area contributed by atoms with Crippen molar-refractivity contribution in [1.82, 2.24) is 0 Å². The second kappa shape index (κ2) is 8.57. The van der Waals surface area contributed by atoms with Crippen LogP contribution in [0, 0.1) is 0 Å². The van der Waals surface area contributed by atoms with Crippen molar-refractivity contribution in [2.45, 2.75) is 26.2 Å². The normalized spacial score (nSPS) is 13.1. The summed E-state index contributed by atoms with van der Waals surface area (Å²) in [5.41, 5.74) is 6.88. The molecule has 2 nitrogen and oxygen atoms in total. The Morgan fingerprint density at radius 2 is 1.54 bits per heavy atom. The maximum Gasteiger partial charge on any atom is 0.120 e. The first kappa shape index (κ1) is 18.1. The second-order valence-electron chi connectivity index (χ2n) is 6.35. The third kappa shape index (κ3) is 3.91. The molecule has 0 fully saturated rings. The standard InChI is InChI=1S/C24H26O2/c1-4-15-25-20-10-7-18(8-11-20)23-13-9-19-17-21(26-16-5-2)12-14-24(19)22(23)6-3/h4-5,7-8,10-12,14,17H,1-2,6,9,13,15-16H2,3H3. The second-order valence-corrected chi connectivity index (χ2v) is 6.35. The highest BCUT2D eigenvalue weighted by Gasteiger charge is 2.19. The van der Waals surface area contributed by atoms with E-state index in [1.165, 1.54) is 27.8 Å². The molecule has 26 heavy (non-hydrogen) atoms. The van der Waals surface area contributed by atoms with Crippen LogP contribution in [-0.2, 0) is 6.42 Å². The van der Waals surface area contributed by atoms with Crippen LogP contribution in [0.4, 0.5) is 0 Å². The Bertz CT molecular complexity index is 813. The highest BCUT2D eigenvalue weighted by atomic mass is 16.5. The predicted molar refractivity (Wildman–Crippen MR) is 110 cm³/mol. The minimum Gasteiger partial charge on any atom is -0.490 e. The molecule has 0 atom stereocenters. The summed E-state index contributed by atoms with van der Waals surface area (Å²) in [6.07, 6.45) is 6.64. The molecule has 134 valence electrons. The maximum absolute atomic E-state index is 5.69. The molecule has 0 aromatic heterocycles. The zero-order chi connectivity index (χ0) is 18.4. The molecular weight excluding hydrogens is 320 g/mol. The van der Waals surface area contributed by atoms with E-state index in [9.17, 15) is 0 Å². The topological polar surface area (TPSA) is 18.5 Å². The summed E-state index contributed by atoms with van der Waals surface area (Å²) in [4.78, 5) is 0. The van der Waals surface area contributed by atoms with Crippen molar-refractivity contribution in [3.8, 4) is 11.5 Å². The minimum atomic E-state index is 0.534. The molecule has 1 aliphatic carbocycles. The van der Waals surface area contributed by atoms with Crippen molar-refractivity contribution in [1.29, 1.82) is 0 Å². The fourth-order valence-electron chi connectivity index (χ4n) is 3.52. The molecule has 0 N–H and O–H groups in total. The van der Waals surface area contributed by atoms with E-state index < -0.39 is 0 Å². The molecule has 0 aliphatic heterocycles. The molecule has 0 saturated carbocycles. The molecule has 0 bridgehead atoms. The van der Waals surface area contributed by atoms with Crippen LogP contribution in [0.3, 0.4) is 0 Å². The number of ether oxygens (including phenoxy) is 2. The van der Waals surface area contributed by atoms with Crippen molar-refractivity contribution in [3.63, 3.8) is 0 Å². The van der Waals surface area contributed by atoms with E-state index in [2.05, 4.69) is 50.4 Å². The fourth-order valence-corrected chi connectivity index (χ4v) is 3.52. The van der Waals surface area contributed by atoms with Crippen molar-refractivity contribution in [2.24, 2.45) is 0 Å². The summed E-state index contributed by atoms with van der Waals surface area (Å²) in [6, 6.07) is 14.9. The Morgan fingerprint density at radius 3 is 2.19 bits per heavy atom. The van der Waals surface area contributed by atoms with Crippen molar-refractivity contribution < 1.29 is 9.47 Å². The highest BCUT2D eigenvalue weighted by molar-refractivity contribution is 5.93. The lowest BCUT2D eigenvalue weighted by molar-refractivity contribution is 0.362. The van der Waals surface area contributed by atoms with E-state index >= 15 is 0 Å². The van der Waals surface area contributed by atoms with Crippen LogP contribution in [0.25, 0.3) is 11.1 Å². The third-order valence-electron chi connectivity index (χ3n) is 4.70. The van der Waals surface area contributed by atoms with Crippen LogP contribution in [0.15, 0.2) is 67.8 Å². The molecule has 0 unspecified atom stereocenters. The minimum absolute atomic E-state index is 0.534. The average molecular weight is 346 g/mol. The van der Waals surface area contributed by atoms with Gasteiger partial charge in [-0.25, -0.2) is 0 Å². The summed E-state index contributed by atoms with van der Waals surface area (Å²) in [5, 5.41) is 0. The molecule has 0 heterocycles. The number of aryl methyl sites for hydroxylation is 1. The van der Waals surface area contributed by atoms with Crippen molar-refractivity contribution in [2.75, 3.05) is 13.2 Å². The lowest BCUT2D eigenvalue weighted by Crippen LogP contribution is -2.05. The lowest BCUT2D eigenvalue weighted by atomic mass is 9.81. The van der Waals surface area contributed by atoms with E-state index in [1.54, 1.807) is 12.2 Å². The molecule has 2 heteroatoms. The molecule has 0 amide bonds. The summed E-state index contributed by atoms with van der Waals surface area (Å²) in [7, 11) is 0. The Kier molecular flexibility index (Phi) is 5.96. The Balaban J connectivity index is 1.90. The molecule has 0 saturated heterocycles. The number of rotatable bonds is 8. The van der Waals surface area contributed by atoms with Gasteiger partial charge in [0.2, 0.25) is 0 Å². The first-order valence-electron chi connectivity index (χ1n) is 9.20. The van der Waals surface area contributed by atoms with Gasteiger partial charge in [0, 0.05) is 0 Å². The Hall–Kier alpha value is -2.74. The average Bonchev–Trinajstić information content (AvgIpc) is 2.70. The number of benzene rings is 2. The van der Waals surface area contributed by atoms with Gasteiger partial charge in [0.05, 0.1) is 0 Å². The molecular formula is C24H26O2. The first-order valence-corrected chi connectivity index (χ1v) is 9.20. The number of hydrogen-bond donors (Lipinski definition) is 0. The molecule has 2 aromatic carbocycles. The quantitative estimate of drug-likeness (QED) is 0.539. The van der Waals surface area contributed by atoms with Crippen LogP contribution in [0.5, 0.6) is 11.5 Å². The van der Waals surface area contributed by atoms with Gasteiger partial charge in [-0.15, -0.1) is 0 Å². The summed E-state index contributed by atoms with van der Waals surface area (Å²) in [5.74, 6) is 1.80. The summed E-state index contributed by atoms with van der Waals surface area (Å²) in [6.45, 7) is 10.7. The molecule has 2 aromatic rings. The number of hydrogen-bond acceptors (Lipinski definition) is 2. The molecule has 0 radical (unpaired) electrons. The molecule has 0 spiro atoms. The zero-order valence-corrected chi connectivity index (χ0v) is 15.5. The monoisotopic (exact) mass is 346 g/mol. The van der Waals surface area contributed by atoms with Gasteiger partial charge in [-0.05, 0) is 71.4 Å². The van der Waals surface area contributed by atoms with Crippen LogP contribution < -0.4 is 9.47 Å². The highest BCUT2D eigenvalue weighted by Crippen LogP contribution is 2.40. The van der Waals surface area contributed by atoms with Crippen molar-refractivity contribution in [3.05, 3.63) is 84.5 Å². The van der Waals surface area contributed by atoms with Gasteiger partial charge in [0.25, 0.3) is 0 Å². The van der Waals surface area contributed by atoms with Crippen LogP contribution in [0.2, 0.25) is 0 Å². The number of allylic oxidation sites excluding steroid dienone is 2. The van der Waals surface area contributed by atoms with Crippen molar-refractivity contribution >= 4 is 11.1 Å². The number of fused-ring (bicyclic) bond motifs is 1. The van der Waals surface area contributed by atoms with E-state index in [4.69, 9.17) is 9.47 Å². The predicted octanol–water partition coefficient (Wildman–Crippen LogP) is 6.08. The molecule has 1 aliphatic rings. The summed E-state index contributed by atoms with van der Waals surface area (Å²) < 4.78 is 11.3. The van der Waals surface area contributed by atoms with Gasteiger partial charge in [-0.1, -0.05) is 50.4 Å². The smallest absolute Gasteiger partial charge is 0.120 e. The van der Waals surface area contributed by atoms with Gasteiger partial charge in [-0.2, -0.15) is 0 Å². The van der Waals surface area contributed by atoms with Crippen LogP contribution in [0.1, 0.15) is 36.5 Å². The third-order valence-corrected chi connectivity index (χ3v) is 4.70. The van der Waals surface area contributed by atoms with Gasteiger partial charge in [0.1, 0.15) is 24.7 Å². The van der Waals surface area contributed by atoms with Gasteiger partial charge >= 0.3 is 0 Å².